The Balaban J connectivity index is 1.30. The van der Waals surface area contributed by atoms with Gasteiger partial charge in [-0.05, 0) is 25.7 Å². The number of anilines is 2. The summed E-state index contributed by atoms with van der Waals surface area (Å²) in [5.74, 6) is 0.496. The van der Waals surface area contributed by atoms with Gasteiger partial charge >= 0.3 is 5.97 Å². The Bertz CT molecular complexity index is 2080. The number of hydrogen-bond acceptors (Lipinski definition) is 16. The first kappa shape index (κ1) is 36.2. The van der Waals surface area contributed by atoms with Crippen molar-refractivity contribution in [3.63, 3.8) is 0 Å². The van der Waals surface area contributed by atoms with E-state index < -0.39 is 18.4 Å². The zero-order chi connectivity index (χ0) is 37.9. The van der Waals surface area contributed by atoms with Crippen LogP contribution in [0, 0.1) is 0 Å². The lowest BCUT2D eigenvalue weighted by molar-refractivity contribution is 0.0601. The molecule has 282 valence electrons. The van der Waals surface area contributed by atoms with Crippen molar-refractivity contribution in [3.8, 4) is 11.6 Å². The van der Waals surface area contributed by atoms with Gasteiger partial charge in [0.1, 0.15) is 18.5 Å². The molecule has 5 aromatic rings. The molecule has 0 spiro atoms. The molecule has 0 amide bonds. The maximum atomic E-state index is 12.4. The molecule has 2 fully saturated rings. The minimum absolute atomic E-state index is 0.0782. The smallest absolute Gasteiger partial charge is 0.343 e. The van der Waals surface area contributed by atoms with Crippen molar-refractivity contribution in [3.05, 3.63) is 47.3 Å². The summed E-state index contributed by atoms with van der Waals surface area (Å²) in [5, 5.41) is 45.4. The van der Waals surface area contributed by atoms with Gasteiger partial charge in [0.25, 0.3) is 0 Å². The number of carbonyl (C=O) groups excluding carboxylic acids is 2. The number of nitrogen functional groups attached to an aromatic ring is 2. The molecule has 0 unspecified atom stereocenters. The van der Waals surface area contributed by atoms with Gasteiger partial charge in [0.15, 0.2) is 52.1 Å². The minimum Gasteiger partial charge on any atom is -0.465 e. The second kappa shape index (κ2) is 15.4. The Morgan fingerprint density at radius 3 is 1.69 bits per heavy atom. The van der Waals surface area contributed by atoms with Gasteiger partial charge in [-0.1, -0.05) is 38.5 Å². The molecule has 5 aromatic heterocycles. The Morgan fingerprint density at radius 1 is 0.759 bits per heavy atom. The molecule has 7 rings (SSSR count). The molecule has 20 heteroatoms. The van der Waals surface area contributed by atoms with Gasteiger partial charge in [-0.3, -0.25) is 4.79 Å². The van der Waals surface area contributed by atoms with Crippen molar-refractivity contribution in [1.82, 2.24) is 49.1 Å². The van der Waals surface area contributed by atoms with Crippen LogP contribution in [-0.4, -0.2) is 79.7 Å². The Kier molecular flexibility index (Phi) is 10.3. The summed E-state index contributed by atoms with van der Waals surface area (Å²) in [4.78, 5) is 33.8. The molecule has 2 aliphatic rings. The van der Waals surface area contributed by atoms with E-state index in [-0.39, 0.29) is 46.2 Å². The molecule has 54 heavy (non-hydrogen) atoms. The lowest BCUT2D eigenvalue weighted by Gasteiger charge is -2.19. The topological polar surface area (TPSA) is 262 Å². The quantitative estimate of drug-likeness (QED) is 0.0878. The molecule has 0 bridgehead atoms. The van der Waals surface area contributed by atoms with Gasteiger partial charge in [-0.2, -0.15) is 29.8 Å². The molecule has 0 aromatic carbocycles. The molecule has 20 nitrogen and oxygen atoms in total. The fourth-order valence-corrected chi connectivity index (χ4v) is 7.14. The molecule has 2 saturated carbocycles. The molecule has 5 heterocycles. The number of hydrogen-bond donors (Lipinski definition) is 3. The van der Waals surface area contributed by atoms with Crippen LogP contribution < -0.4 is 11.5 Å². The SMILES string of the molecule is COC(=O)c1cnn(C)c1N=Nc1c(C2CCCCC2)nn(-c2cc(-n3nc(C4CCCCC4)c(N=Nc4c(C(=O)CO)cnn4C)c3N)ncn2)c1N. The average Bonchev–Trinajstić information content (AvgIpc) is 3.95. The number of nitrogens with two attached hydrogens (primary N) is 2. The van der Waals surface area contributed by atoms with Crippen LogP contribution in [0.5, 0.6) is 0 Å². The summed E-state index contributed by atoms with van der Waals surface area (Å²) >= 11 is 0. The van der Waals surface area contributed by atoms with E-state index in [4.69, 9.17) is 26.4 Å². The van der Waals surface area contributed by atoms with Gasteiger partial charge in [0.05, 0.1) is 36.5 Å². The number of esters is 1. The number of aryl methyl sites for hydroxylation is 2. The minimum atomic E-state index is -0.689. The van der Waals surface area contributed by atoms with Crippen LogP contribution >= 0.6 is 0 Å². The van der Waals surface area contributed by atoms with Crippen molar-refractivity contribution >= 4 is 46.4 Å². The number of ketones is 1. The highest BCUT2D eigenvalue weighted by Crippen LogP contribution is 2.43. The van der Waals surface area contributed by atoms with Crippen LogP contribution in [0.1, 0.15) is 108 Å². The predicted molar refractivity (Wildman–Crippen MR) is 194 cm³/mol. The van der Waals surface area contributed by atoms with E-state index in [1.165, 1.54) is 44.6 Å². The second-order valence-electron chi connectivity index (χ2n) is 13.4. The predicted octanol–water partition coefficient (Wildman–Crippen LogP) is 5.37. The average molecular weight is 739 g/mol. The number of aliphatic hydroxyl groups is 1. The lowest BCUT2D eigenvalue weighted by Crippen LogP contribution is -2.10. The number of nitrogens with zero attached hydrogens (tertiary/aromatic N) is 14. The van der Waals surface area contributed by atoms with Crippen molar-refractivity contribution in [2.45, 2.75) is 76.0 Å². The largest absolute Gasteiger partial charge is 0.465 e. The van der Waals surface area contributed by atoms with Crippen LogP contribution in [0.3, 0.4) is 0 Å². The van der Waals surface area contributed by atoms with Gasteiger partial charge in [-0.25, -0.2) is 24.1 Å². The van der Waals surface area contributed by atoms with E-state index in [1.54, 1.807) is 20.2 Å². The summed E-state index contributed by atoms with van der Waals surface area (Å²) in [6.45, 7) is -0.689. The Labute approximate surface area is 309 Å². The number of azo groups is 2. The monoisotopic (exact) mass is 738 g/mol. The first-order chi connectivity index (χ1) is 26.2. The first-order valence-electron chi connectivity index (χ1n) is 17.9. The number of aliphatic hydroxyl groups excluding tert-OH is 1. The Hall–Kier alpha value is -6.18. The summed E-state index contributed by atoms with van der Waals surface area (Å²) < 4.78 is 10.7. The fourth-order valence-electron chi connectivity index (χ4n) is 7.14. The molecule has 0 aliphatic heterocycles. The molecule has 0 radical (unpaired) electrons. The van der Waals surface area contributed by atoms with Crippen molar-refractivity contribution in [2.75, 3.05) is 25.2 Å². The number of ether oxygens (including phenoxy) is 1. The third-order valence-corrected chi connectivity index (χ3v) is 10.1. The van der Waals surface area contributed by atoms with Crippen LogP contribution in [0.2, 0.25) is 0 Å². The molecule has 2 aliphatic carbocycles. The number of methoxy groups -OCH3 is 1. The molecular weight excluding hydrogens is 696 g/mol. The number of aromatic nitrogens is 10. The summed E-state index contributed by atoms with van der Waals surface area (Å²) in [5.41, 5.74) is 15.9. The van der Waals surface area contributed by atoms with E-state index in [0.29, 0.717) is 34.4 Å². The maximum absolute atomic E-state index is 12.4. The highest BCUT2D eigenvalue weighted by molar-refractivity contribution is 6.00. The zero-order valence-corrected chi connectivity index (χ0v) is 30.3. The van der Waals surface area contributed by atoms with Crippen LogP contribution in [0.15, 0.2) is 45.2 Å². The zero-order valence-electron chi connectivity index (χ0n) is 30.3. The number of rotatable bonds is 11. The molecule has 0 atom stereocenters. The summed E-state index contributed by atoms with van der Waals surface area (Å²) in [6, 6.07) is 1.67. The molecular formula is C34H42N16O4. The second-order valence-corrected chi connectivity index (χ2v) is 13.4. The van der Waals surface area contributed by atoms with Gasteiger partial charge in [0.2, 0.25) is 0 Å². The van der Waals surface area contributed by atoms with Gasteiger partial charge in [0, 0.05) is 32.0 Å². The van der Waals surface area contributed by atoms with Crippen LogP contribution in [0.4, 0.5) is 34.6 Å². The third-order valence-electron chi connectivity index (χ3n) is 10.1. The first-order valence-corrected chi connectivity index (χ1v) is 17.9. The van der Waals surface area contributed by atoms with E-state index in [9.17, 15) is 14.7 Å². The highest BCUT2D eigenvalue weighted by Gasteiger charge is 2.29. The van der Waals surface area contributed by atoms with E-state index in [1.807, 2.05) is 0 Å². The van der Waals surface area contributed by atoms with E-state index in [0.717, 1.165) is 64.2 Å². The van der Waals surface area contributed by atoms with Crippen molar-refractivity contribution in [1.29, 1.82) is 0 Å². The lowest BCUT2D eigenvalue weighted by atomic mass is 9.86. The van der Waals surface area contributed by atoms with Crippen LogP contribution in [-0.2, 0) is 18.8 Å². The molecule has 5 N–H and O–H groups in total. The molecule has 0 saturated heterocycles. The standard InChI is InChI=1S/C34H42N16O4/c1-47-32(21(15-39-47)23(52)17-51)43-41-28-26(19-10-6-4-7-11-19)45-49(30(28)35)24-14-25(38-18-37-24)50-31(36)29(27(46-50)20-12-8-5-9-13-20)42-44-33-22(34(53)54-3)16-40-48(33)2/h14-16,18-20,51H,4-13,17,35-36H2,1-3H3. The van der Waals surface area contributed by atoms with Crippen molar-refractivity contribution < 1.29 is 19.4 Å². The van der Waals surface area contributed by atoms with Gasteiger partial charge in [-0.15, -0.1) is 20.5 Å². The third kappa shape index (κ3) is 6.86. The number of carbonyl (C=O) groups is 2. The fraction of sp³-hybridized carbons (Fsp3) is 0.471. The summed E-state index contributed by atoms with van der Waals surface area (Å²) in [6.07, 6.45) is 14.1. The van der Waals surface area contributed by atoms with Crippen molar-refractivity contribution in [2.24, 2.45) is 34.6 Å². The van der Waals surface area contributed by atoms with E-state index in [2.05, 4.69) is 40.6 Å². The Morgan fingerprint density at radius 2 is 1.22 bits per heavy atom. The number of Topliss-reactive ketones (excluding diaryl/α,β-unsaturated/α-hetero) is 1. The van der Waals surface area contributed by atoms with E-state index >= 15 is 0 Å². The highest BCUT2D eigenvalue weighted by atomic mass is 16.5. The van der Waals surface area contributed by atoms with Gasteiger partial charge < -0.3 is 21.3 Å². The van der Waals surface area contributed by atoms with Crippen LogP contribution in [0.25, 0.3) is 11.6 Å². The normalized spacial score (nSPS) is 15.9. The maximum Gasteiger partial charge on any atom is 0.343 e. The summed E-state index contributed by atoms with van der Waals surface area (Å²) in [7, 11) is 4.57.